The Kier molecular flexibility index (Phi) is 11.2. The van der Waals surface area contributed by atoms with Gasteiger partial charge in [0.1, 0.15) is 11.4 Å². The second-order valence-electron chi connectivity index (χ2n) is 12.5. The van der Waals surface area contributed by atoms with Crippen molar-refractivity contribution in [1.82, 2.24) is 0 Å². The molecule has 42 heavy (non-hydrogen) atoms. The van der Waals surface area contributed by atoms with Crippen LogP contribution in [0.4, 0.5) is 5.69 Å². The number of aryl methyl sites for hydroxylation is 2. The predicted molar refractivity (Wildman–Crippen MR) is 181 cm³/mol. The van der Waals surface area contributed by atoms with Crippen LogP contribution in [0.25, 0.3) is 0 Å². The SMILES string of the molecule is CC(C)=CCC/C(C)=C/CC/C(C)=C/CC[C@]1(C)CCc2cc(N=C(c3ccccc3)c3ccccc3)cc(C)c2O1. The summed E-state index contributed by atoms with van der Waals surface area (Å²) >= 11 is 0. The van der Waals surface area contributed by atoms with Gasteiger partial charge in [0.05, 0.1) is 11.4 Å². The van der Waals surface area contributed by atoms with E-state index in [1.54, 1.807) is 0 Å². The van der Waals surface area contributed by atoms with Gasteiger partial charge in [-0.15, -0.1) is 0 Å². The maximum absolute atomic E-state index is 6.74. The maximum atomic E-state index is 6.74. The molecule has 0 saturated heterocycles. The van der Waals surface area contributed by atoms with Gasteiger partial charge in [-0.2, -0.15) is 0 Å². The molecule has 1 atom stereocenters. The summed E-state index contributed by atoms with van der Waals surface area (Å²) in [6.45, 7) is 13.3. The molecule has 1 aliphatic rings. The van der Waals surface area contributed by atoms with E-state index >= 15 is 0 Å². The minimum Gasteiger partial charge on any atom is -0.487 e. The highest BCUT2D eigenvalue weighted by Gasteiger charge is 2.32. The van der Waals surface area contributed by atoms with Gasteiger partial charge in [-0.1, -0.05) is 95.6 Å². The molecule has 1 heterocycles. The van der Waals surface area contributed by atoms with Crippen molar-refractivity contribution in [2.75, 3.05) is 0 Å². The smallest absolute Gasteiger partial charge is 0.126 e. The molecule has 0 amide bonds. The van der Waals surface area contributed by atoms with Gasteiger partial charge in [-0.05, 0) is 116 Å². The standard InChI is InChI=1S/C40H49NO/c1-30(2)16-13-17-31(3)18-14-19-32(4)20-15-26-40(6)27-25-36-29-37(28-33(5)39(36)42-40)41-38(34-21-9-7-10-22-34)35-23-11-8-12-24-35/h7-12,16,18,20-24,28-29H,13-15,17,19,25-27H2,1-6H3/b31-18+,32-20+/t40-/m1/s1. The molecule has 0 radical (unpaired) electrons. The second kappa shape index (κ2) is 15.0. The van der Waals surface area contributed by atoms with Crippen LogP contribution in [0.15, 0.2) is 113 Å². The minimum atomic E-state index is -0.139. The average Bonchev–Trinajstić information content (AvgIpc) is 2.97. The fourth-order valence-electron chi connectivity index (χ4n) is 5.67. The maximum Gasteiger partial charge on any atom is 0.126 e. The van der Waals surface area contributed by atoms with E-state index in [9.17, 15) is 0 Å². The summed E-state index contributed by atoms with van der Waals surface area (Å²) in [6, 6.07) is 25.3. The lowest BCUT2D eigenvalue weighted by atomic mass is 9.87. The van der Waals surface area contributed by atoms with Crippen LogP contribution in [0, 0.1) is 6.92 Å². The summed E-state index contributed by atoms with van der Waals surface area (Å²) in [4.78, 5) is 5.18. The Morgan fingerprint density at radius 2 is 1.36 bits per heavy atom. The van der Waals surface area contributed by atoms with Gasteiger partial charge in [0, 0.05) is 11.1 Å². The van der Waals surface area contributed by atoms with E-state index in [4.69, 9.17) is 9.73 Å². The van der Waals surface area contributed by atoms with E-state index in [0.717, 1.165) is 78.8 Å². The topological polar surface area (TPSA) is 21.6 Å². The number of aliphatic imine (C=N–C) groups is 1. The highest BCUT2D eigenvalue weighted by Crippen LogP contribution is 2.40. The molecule has 2 nitrogen and oxygen atoms in total. The third-order valence-corrected chi connectivity index (χ3v) is 8.23. The first-order valence-corrected chi connectivity index (χ1v) is 15.7. The lowest BCUT2D eigenvalue weighted by molar-refractivity contribution is 0.0563. The molecule has 0 fully saturated rings. The summed E-state index contributed by atoms with van der Waals surface area (Å²) in [5, 5.41) is 0. The number of rotatable bonds is 12. The Balaban J connectivity index is 1.39. The van der Waals surface area contributed by atoms with Crippen molar-refractivity contribution in [3.05, 3.63) is 130 Å². The zero-order chi connectivity index (χ0) is 30.0. The van der Waals surface area contributed by atoms with Crippen LogP contribution in [-0.4, -0.2) is 11.3 Å². The highest BCUT2D eigenvalue weighted by molar-refractivity contribution is 6.13. The Labute approximate surface area is 255 Å². The van der Waals surface area contributed by atoms with E-state index < -0.39 is 0 Å². The van der Waals surface area contributed by atoms with E-state index in [1.165, 1.54) is 28.7 Å². The van der Waals surface area contributed by atoms with Gasteiger partial charge in [0.2, 0.25) is 0 Å². The van der Waals surface area contributed by atoms with E-state index in [0.29, 0.717) is 0 Å². The van der Waals surface area contributed by atoms with E-state index in [1.807, 2.05) is 12.1 Å². The molecule has 0 N–H and O–H groups in total. The molecule has 0 aliphatic carbocycles. The number of ether oxygens (including phenoxy) is 1. The van der Waals surface area contributed by atoms with Gasteiger partial charge < -0.3 is 4.74 Å². The molecule has 3 aromatic rings. The van der Waals surface area contributed by atoms with Crippen LogP contribution >= 0.6 is 0 Å². The summed E-state index contributed by atoms with van der Waals surface area (Å²) in [5.41, 5.74) is 10.9. The summed E-state index contributed by atoms with van der Waals surface area (Å²) < 4.78 is 6.74. The zero-order valence-corrected chi connectivity index (χ0v) is 26.7. The average molecular weight is 560 g/mol. The fraction of sp³-hybridized carbons (Fsp3) is 0.375. The van der Waals surface area contributed by atoms with Gasteiger partial charge in [0.25, 0.3) is 0 Å². The first kappa shape index (κ1) is 31.3. The van der Waals surface area contributed by atoms with Crippen molar-refractivity contribution in [2.24, 2.45) is 4.99 Å². The van der Waals surface area contributed by atoms with Crippen molar-refractivity contribution in [2.45, 2.75) is 98.5 Å². The van der Waals surface area contributed by atoms with Gasteiger partial charge in [-0.25, -0.2) is 4.99 Å². The van der Waals surface area contributed by atoms with Crippen molar-refractivity contribution in [1.29, 1.82) is 0 Å². The van der Waals surface area contributed by atoms with Crippen LogP contribution < -0.4 is 4.74 Å². The van der Waals surface area contributed by atoms with Crippen LogP contribution in [0.1, 0.15) is 102 Å². The first-order valence-electron chi connectivity index (χ1n) is 15.7. The quantitative estimate of drug-likeness (QED) is 0.160. The largest absolute Gasteiger partial charge is 0.487 e. The molecule has 0 bridgehead atoms. The van der Waals surface area contributed by atoms with Gasteiger partial charge >= 0.3 is 0 Å². The Bertz CT molecular complexity index is 1400. The molecule has 0 unspecified atom stereocenters. The molecule has 4 rings (SSSR count). The third-order valence-electron chi connectivity index (χ3n) is 8.23. The third kappa shape index (κ3) is 9.18. The minimum absolute atomic E-state index is 0.139. The number of fused-ring (bicyclic) bond motifs is 1. The molecule has 0 aromatic heterocycles. The molecule has 0 saturated carbocycles. The zero-order valence-electron chi connectivity index (χ0n) is 26.7. The van der Waals surface area contributed by atoms with E-state index in [2.05, 4.69) is 120 Å². The molecule has 3 aromatic carbocycles. The summed E-state index contributed by atoms with van der Waals surface area (Å²) in [6.07, 6.45) is 15.9. The Hall–Kier alpha value is -3.65. The second-order valence-corrected chi connectivity index (χ2v) is 12.5. The predicted octanol–water partition coefficient (Wildman–Crippen LogP) is 11.4. The van der Waals surface area contributed by atoms with Crippen LogP contribution in [0.5, 0.6) is 5.75 Å². The van der Waals surface area contributed by atoms with Crippen molar-refractivity contribution in [3.8, 4) is 5.75 Å². The number of hydrogen-bond donors (Lipinski definition) is 0. The Morgan fingerprint density at radius 1 is 0.786 bits per heavy atom. The van der Waals surface area contributed by atoms with E-state index in [-0.39, 0.29) is 5.60 Å². The molecule has 1 aliphatic heterocycles. The number of benzene rings is 3. The van der Waals surface area contributed by atoms with Crippen LogP contribution in [0.3, 0.4) is 0 Å². The molecule has 2 heteroatoms. The highest BCUT2D eigenvalue weighted by atomic mass is 16.5. The number of nitrogens with zero attached hydrogens (tertiary/aromatic N) is 1. The normalized spacial score (nSPS) is 16.8. The number of hydrogen-bond acceptors (Lipinski definition) is 2. The lowest BCUT2D eigenvalue weighted by Crippen LogP contribution is -2.36. The number of allylic oxidation sites excluding steroid dienone is 6. The molecular formula is C40H49NO. The van der Waals surface area contributed by atoms with Crippen molar-refractivity contribution >= 4 is 11.4 Å². The van der Waals surface area contributed by atoms with Crippen molar-refractivity contribution in [3.63, 3.8) is 0 Å². The van der Waals surface area contributed by atoms with Crippen molar-refractivity contribution < 1.29 is 4.74 Å². The Morgan fingerprint density at radius 3 is 1.95 bits per heavy atom. The first-order chi connectivity index (χ1) is 20.2. The summed E-state index contributed by atoms with van der Waals surface area (Å²) in [5.74, 6) is 1.05. The molecule has 220 valence electrons. The lowest BCUT2D eigenvalue weighted by Gasteiger charge is -2.37. The van der Waals surface area contributed by atoms with Crippen LogP contribution in [0.2, 0.25) is 0 Å². The van der Waals surface area contributed by atoms with Gasteiger partial charge in [0.15, 0.2) is 0 Å². The van der Waals surface area contributed by atoms with Crippen LogP contribution in [-0.2, 0) is 6.42 Å². The molecular weight excluding hydrogens is 510 g/mol. The van der Waals surface area contributed by atoms with Gasteiger partial charge in [-0.3, -0.25) is 0 Å². The fourth-order valence-corrected chi connectivity index (χ4v) is 5.67. The monoisotopic (exact) mass is 559 g/mol. The summed E-state index contributed by atoms with van der Waals surface area (Å²) in [7, 11) is 0. The molecule has 0 spiro atoms.